The highest BCUT2D eigenvalue weighted by Gasteiger charge is 2.19. The summed E-state index contributed by atoms with van der Waals surface area (Å²) in [5.41, 5.74) is 1.74. The summed E-state index contributed by atoms with van der Waals surface area (Å²) in [7, 11) is 0. The average Bonchev–Trinajstić information content (AvgIpc) is 2.74. The van der Waals surface area contributed by atoms with Crippen molar-refractivity contribution in [2.75, 3.05) is 25.0 Å². The SMILES string of the molecule is O=C(Nc1nccc2ccccc12)c1cccc(CN2CCCC(CO)C2)c1. The van der Waals surface area contributed by atoms with Gasteiger partial charge in [-0.25, -0.2) is 4.98 Å². The fourth-order valence-electron chi connectivity index (χ4n) is 3.91. The van der Waals surface area contributed by atoms with Crippen molar-refractivity contribution in [3.8, 4) is 0 Å². The Morgan fingerprint density at radius 3 is 2.96 bits per heavy atom. The maximum atomic E-state index is 12.8. The minimum Gasteiger partial charge on any atom is -0.396 e. The van der Waals surface area contributed by atoms with E-state index in [9.17, 15) is 9.90 Å². The number of nitrogens with zero attached hydrogens (tertiary/aromatic N) is 2. The standard InChI is InChI=1S/C23H25N3O2/c27-16-18-6-4-12-26(15-18)14-17-5-3-8-20(13-17)23(28)25-22-21-9-2-1-7-19(21)10-11-24-22/h1-3,5,7-11,13,18,27H,4,6,12,14-16H2,(H,24,25,28). The van der Waals surface area contributed by atoms with Crippen LogP contribution in [0.5, 0.6) is 0 Å². The van der Waals surface area contributed by atoms with Gasteiger partial charge in [-0.1, -0.05) is 36.4 Å². The van der Waals surface area contributed by atoms with Crippen LogP contribution in [0.4, 0.5) is 5.82 Å². The van der Waals surface area contributed by atoms with Gasteiger partial charge in [0.05, 0.1) is 0 Å². The van der Waals surface area contributed by atoms with Crippen LogP contribution < -0.4 is 5.32 Å². The zero-order valence-electron chi connectivity index (χ0n) is 15.8. The Labute approximate surface area is 165 Å². The predicted octanol–water partition coefficient (Wildman–Crippen LogP) is 3.69. The number of benzene rings is 2. The summed E-state index contributed by atoms with van der Waals surface area (Å²) >= 11 is 0. The van der Waals surface area contributed by atoms with Gasteiger partial charge in [0.1, 0.15) is 5.82 Å². The summed E-state index contributed by atoms with van der Waals surface area (Å²) in [6.07, 6.45) is 3.91. The summed E-state index contributed by atoms with van der Waals surface area (Å²) < 4.78 is 0. The van der Waals surface area contributed by atoms with E-state index in [2.05, 4.69) is 21.3 Å². The minimum absolute atomic E-state index is 0.155. The average molecular weight is 375 g/mol. The van der Waals surface area contributed by atoms with Gasteiger partial charge >= 0.3 is 0 Å². The van der Waals surface area contributed by atoms with Crippen LogP contribution >= 0.6 is 0 Å². The van der Waals surface area contributed by atoms with Crippen molar-refractivity contribution in [2.24, 2.45) is 5.92 Å². The van der Waals surface area contributed by atoms with Gasteiger partial charge in [-0.3, -0.25) is 9.69 Å². The Hall–Kier alpha value is -2.76. The lowest BCUT2D eigenvalue weighted by Gasteiger charge is -2.31. The lowest BCUT2D eigenvalue weighted by molar-refractivity contribution is 0.102. The zero-order chi connectivity index (χ0) is 19.3. The first kappa shape index (κ1) is 18.6. The Morgan fingerprint density at radius 2 is 2.07 bits per heavy atom. The zero-order valence-corrected chi connectivity index (χ0v) is 15.8. The third-order valence-corrected chi connectivity index (χ3v) is 5.36. The number of amides is 1. The number of carbonyl (C=O) groups excluding carboxylic acids is 1. The number of hydrogen-bond acceptors (Lipinski definition) is 4. The maximum absolute atomic E-state index is 12.8. The first-order valence-corrected chi connectivity index (χ1v) is 9.80. The first-order valence-electron chi connectivity index (χ1n) is 9.80. The number of hydrogen-bond donors (Lipinski definition) is 2. The van der Waals surface area contributed by atoms with Crippen LogP contribution in [-0.2, 0) is 6.54 Å². The second-order valence-corrected chi connectivity index (χ2v) is 7.46. The monoisotopic (exact) mass is 375 g/mol. The van der Waals surface area contributed by atoms with Gasteiger partial charge in [-0.2, -0.15) is 0 Å². The highest BCUT2D eigenvalue weighted by atomic mass is 16.3. The summed E-state index contributed by atoms with van der Waals surface area (Å²) in [5.74, 6) is 0.783. The van der Waals surface area contributed by atoms with Gasteiger partial charge in [0.15, 0.2) is 0 Å². The largest absolute Gasteiger partial charge is 0.396 e. The second kappa shape index (κ2) is 8.50. The van der Waals surface area contributed by atoms with Crippen molar-refractivity contribution in [2.45, 2.75) is 19.4 Å². The van der Waals surface area contributed by atoms with E-state index in [0.717, 1.165) is 48.8 Å². The molecule has 1 saturated heterocycles. The summed E-state index contributed by atoms with van der Waals surface area (Å²) in [4.78, 5) is 19.5. The molecule has 2 N–H and O–H groups in total. The molecule has 0 aliphatic carbocycles. The lowest BCUT2D eigenvalue weighted by Crippen LogP contribution is -2.36. The van der Waals surface area contributed by atoms with Crippen molar-refractivity contribution in [1.82, 2.24) is 9.88 Å². The number of nitrogens with one attached hydrogen (secondary N) is 1. The van der Waals surface area contributed by atoms with Gasteiger partial charge in [0, 0.05) is 36.8 Å². The number of fused-ring (bicyclic) bond motifs is 1. The van der Waals surface area contributed by atoms with Gasteiger partial charge in [-0.05, 0) is 54.5 Å². The molecule has 0 saturated carbocycles. The molecule has 28 heavy (non-hydrogen) atoms. The Bertz CT molecular complexity index is 967. The van der Waals surface area contributed by atoms with Gasteiger partial charge < -0.3 is 10.4 Å². The third kappa shape index (κ3) is 4.21. The number of aromatic nitrogens is 1. The number of pyridine rings is 1. The van der Waals surface area contributed by atoms with Gasteiger partial charge in [-0.15, -0.1) is 0 Å². The van der Waals surface area contributed by atoms with Crippen molar-refractivity contribution in [3.05, 3.63) is 71.9 Å². The summed E-state index contributed by atoms with van der Waals surface area (Å²) in [5, 5.41) is 14.3. The van der Waals surface area contributed by atoms with E-state index in [4.69, 9.17) is 0 Å². The topological polar surface area (TPSA) is 65.5 Å². The molecule has 1 aliphatic heterocycles. The number of rotatable bonds is 5. The summed E-state index contributed by atoms with van der Waals surface area (Å²) in [6, 6.07) is 17.6. The Kier molecular flexibility index (Phi) is 5.65. The van der Waals surface area contributed by atoms with Crippen molar-refractivity contribution in [3.63, 3.8) is 0 Å². The molecule has 4 rings (SSSR count). The van der Waals surface area contributed by atoms with Crippen LogP contribution in [0, 0.1) is 5.92 Å². The number of carbonyl (C=O) groups is 1. The fraction of sp³-hybridized carbons (Fsp3) is 0.304. The molecule has 144 valence electrons. The fourth-order valence-corrected chi connectivity index (χ4v) is 3.91. The molecule has 0 spiro atoms. The number of piperidine rings is 1. The van der Waals surface area contributed by atoms with Crippen LogP contribution in [0.3, 0.4) is 0 Å². The highest BCUT2D eigenvalue weighted by molar-refractivity contribution is 6.08. The van der Waals surface area contributed by atoms with E-state index < -0.39 is 0 Å². The van der Waals surface area contributed by atoms with Crippen molar-refractivity contribution >= 4 is 22.5 Å². The van der Waals surface area contributed by atoms with E-state index in [1.807, 2.05) is 48.5 Å². The van der Waals surface area contributed by atoms with Crippen LogP contribution in [0.1, 0.15) is 28.8 Å². The van der Waals surface area contributed by atoms with E-state index in [1.54, 1.807) is 6.20 Å². The number of likely N-dealkylation sites (tertiary alicyclic amines) is 1. The number of aliphatic hydroxyl groups is 1. The molecule has 0 bridgehead atoms. The van der Waals surface area contributed by atoms with Gasteiger partial charge in [0.25, 0.3) is 5.91 Å². The molecule has 2 aromatic carbocycles. The Balaban J connectivity index is 1.48. The third-order valence-electron chi connectivity index (χ3n) is 5.36. The molecular formula is C23H25N3O2. The molecule has 5 heteroatoms. The normalized spacial score (nSPS) is 17.5. The molecule has 3 aromatic rings. The molecule has 1 atom stereocenters. The van der Waals surface area contributed by atoms with Crippen LogP contribution in [-0.4, -0.2) is 40.6 Å². The molecular weight excluding hydrogens is 350 g/mol. The van der Waals surface area contributed by atoms with Crippen LogP contribution in [0.2, 0.25) is 0 Å². The smallest absolute Gasteiger partial charge is 0.256 e. The number of aliphatic hydroxyl groups excluding tert-OH is 1. The summed E-state index contributed by atoms with van der Waals surface area (Å²) in [6.45, 7) is 2.99. The highest BCUT2D eigenvalue weighted by Crippen LogP contribution is 2.22. The predicted molar refractivity (Wildman–Crippen MR) is 111 cm³/mol. The van der Waals surface area contributed by atoms with Crippen LogP contribution in [0.15, 0.2) is 60.8 Å². The van der Waals surface area contributed by atoms with Crippen molar-refractivity contribution < 1.29 is 9.90 Å². The molecule has 1 fully saturated rings. The molecule has 1 unspecified atom stereocenters. The van der Waals surface area contributed by atoms with E-state index in [-0.39, 0.29) is 12.5 Å². The molecule has 1 aliphatic rings. The second-order valence-electron chi connectivity index (χ2n) is 7.46. The molecule has 1 amide bonds. The van der Waals surface area contributed by atoms with Crippen LogP contribution in [0.25, 0.3) is 10.8 Å². The lowest BCUT2D eigenvalue weighted by atomic mass is 9.98. The van der Waals surface area contributed by atoms with E-state index >= 15 is 0 Å². The minimum atomic E-state index is -0.155. The van der Waals surface area contributed by atoms with Crippen molar-refractivity contribution in [1.29, 1.82) is 0 Å². The number of anilines is 1. The molecule has 0 radical (unpaired) electrons. The maximum Gasteiger partial charge on any atom is 0.256 e. The Morgan fingerprint density at radius 1 is 1.18 bits per heavy atom. The molecule has 1 aromatic heterocycles. The first-order chi connectivity index (χ1) is 13.7. The van der Waals surface area contributed by atoms with E-state index in [0.29, 0.717) is 17.3 Å². The van der Waals surface area contributed by atoms with Gasteiger partial charge in [0.2, 0.25) is 0 Å². The molecule has 5 nitrogen and oxygen atoms in total. The quantitative estimate of drug-likeness (QED) is 0.714. The van der Waals surface area contributed by atoms with E-state index in [1.165, 1.54) is 0 Å². The molecule has 2 heterocycles.